The highest BCUT2D eigenvalue weighted by Crippen LogP contribution is 2.45. The Morgan fingerprint density at radius 2 is 1.06 bits per heavy atom. The Hall–Kier alpha value is -3.18. The molecule has 0 unspecified atom stereocenters. The van der Waals surface area contributed by atoms with Crippen LogP contribution in [-0.4, -0.2) is 18.3 Å². The molecule has 1 aliphatic rings. The van der Waals surface area contributed by atoms with Crippen LogP contribution in [0, 0.1) is 0 Å². The molecule has 36 heavy (non-hydrogen) atoms. The Labute approximate surface area is 215 Å². The molecule has 0 amide bonds. The number of rotatable bonds is 2. The van der Waals surface area contributed by atoms with E-state index < -0.39 is 18.3 Å². The summed E-state index contributed by atoms with van der Waals surface area (Å²) in [7, 11) is -0.432. The van der Waals surface area contributed by atoms with Crippen molar-refractivity contribution in [3.8, 4) is 11.1 Å². The quantitative estimate of drug-likeness (QED) is 0.181. The van der Waals surface area contributed by atoms with Gasteiger partial charge in [-0.3, -0.25) is 0 Å². The van der Waals surface area contributed by atoms with Crippen LogP contribution >= 0.6 is 11.3 Å². The zero-order valence-corrected chi connectivity index (χ0v) is 21.8. The summed E-state index contributed by atoms with van der Waals surface area (Å²) in [4.78, 5) is 0. The molecule has 0 saturated carbocycles. The molecule has 1 aliphatic heterocycles. The van der Waals surface area contributed by atoms with Crippen molar-refractivity contribution in [1.29, 1.82) is 0 Å². The lowest BCUT2D eigenvalue weighted by Crippen LogP contribution is -2.41. The predicted octanol–water partition coefficient (Wildman–Crippen LogP) is 8.33. The van der Waals surface area contributed by atoms with Gasteiger partial charge in [-0.25, -0.2) is 0 Å². The highest BCUT2D eigenvalue weighted by molar-refractivity contribution is 7.26. The molecule has 5 aromatic carbocycles. The molecule has 6 aromatic rings. The molecule has 7 rings (SSSR count). The van der Waals surface area contributed by atoms with Crippen LogP contribution in [-0.2, 0) is 9.31 Å². The van der Waals surface area contributed by atoms with Crippen LogP contribution in [0.5, 0.6) is 0 Å². The van der Waals surface area contributed by atoms with Crippen LogP contribution in [0.1, 0.15) is 27.7 Å². The first-order valence-corrected chi connectivity index (χ1v) is 13.4. The van der Waals surface area contributed by atoms with Crippen molar-refractivity contribution < 1.29 is 9.31 Å². The van der Waals surface area contributed by atoms with Crippen molar-refractivity contribution in [2.75, 3.05) is 0 Å². The molecule has 2 nitrogen and oxygen atoms in total. The zero-order valence-electron chi connectivity index (χ0n) is 21.0. The summed E-state index contributed by atoms with van der Waals surface area (Å²) < 4.78 is 15.9. The lowest BCUT2D eigenvalue weighted by atomic mass is 9.71. The summed E-state index contributed by atoms with van der Waals surface area (Å²) >= 11 is 1.88. The minimum atomic E-state index is -0.432. The second kappa shape index (κ2) is 7.66. The molecule has 0 bridgehead atoms. The summed E-state index contributed by atoms with van der Waals surface area (Å²) in [6.07, 6.45) is 0. The average Bonchev–Trinajstić information content (AvgIpc) is 3.35. The Bertz CT molecular complexity index is 1740. The molecule has 0 N–H and O–H groups in total. The van der Waals surface area contributed by atoms with Crippen LogP contribution in [0.4, 0.5) is 0 Å². The Balaban J connectivity index is 1.59. The molecule has 0 radical (unpaired) electrons. The highest BCUT2D eigenvalue weighted by Gasteiger charge is 2.52. The lowest BCUT2D eigenvalue weighted by Gasteiger charge is -2.32. The summed E-state index contributed by atoms with van der Waals surface area (Å²) in [6, 6.07) is 32.9. The summed E-state index contributed by atoms with van der Waals surface area (Å²) in [6.45, 7) is 8.48. The minimum Gasteiger partial charge on any atom is -0.399 e. The molecule has 0 aliphatic carbocycles. The smallest absolute Gasteiger partial charge is 0.399 e. The average molecular weight is 486 g/mol. The van der Waals surface area contributed by atoms with E-state index >= 15 is 0 Å². The van der Waals surface area contributed by atoms with E-state index in [2.05, 4.69) is 119 Å². The van der Waals surface area contributed by atoms with Gasteiger partial charge in [-0.2, -0.15) is 0 Å². The molecule has 0 spiro atoms. The van der Waals surface area contributed by atoms with Crippen LogP contribution < -0.4 is 5.46 Å². The van der Waals surface area contributed by atoms with Gasteiger partial charge in [-0.05, 0) is 66.3 Å². The predicted molar refractivity (Wildman–Crippen MR) is 155 cm³/mol. The Morgan fingerprint density at radius 3 is 1.67 bits per heavy atom. The maximum atomic E-state index is 6.60. The largest absolute Gasteiger partial charge is 0.496 e. The second-order valence-electron chi connectivity index (χ2n) is 10.7. The van der Waals surface area contributed by atoms with Gasteiger partial charge in [0.25, 0.3) is 0 Å². The third-order valence-electron chi connectivity index (χ3n) is 8.14. The fourth-order valence-corrected chi connectivity index (χ4v) is 6.83. The first-order valence-electron chi connectivity index (χ1n) is 12.6. The van der Waals surface area contributed by atoms with Crippen molar-refractivity contribution in [1.82, 2.24) is 0 Å². The molecular formula is C32H27BO2S. The number of fused-ring (bicyclic) bond motifs is 5. The van der Waals surface area contributed by atoms with E-state index in [1.54, 1.807) is 0 Å². The lowest BCUT2D eigenvalue weighted by molar-refractivity contribution is 0.00578. The third kappa shape index (κ3) is 3.05. The molecular weight excluding hydrogens is 459 g/mol. The van der Waals surface area contributed by atoms with Crippen molar-refractivity contribution in [2.24, 2.45) is 0 Å². The van der Waals surface area contributed by atoms with Crippen LogP contribution in [0.3, 0.4) is 0 Å². The van der Waals surface area contributed by atoms with Gasteiger partial charge in [0.15, 0.2) is 0 Å². The SMILES string of the molecule is CC1(C)OB(c2c3ccccc3c(-c3cccc4c3sc3ccccc34)c3ccccc23)OC1(C)C. The number of thiophene rings is 1. The number of hydrogen-bond acceptors (Lipinski definition) is 3. The van der Waals surface area contributed by atoms with E-state index in [9.17, 15) is 0 Å². The maximum Gasteiger partial charge on any atom is 0.496 e. The van der Waals surface area contributed by atoms with Gasteiger partial charge in [0.1, 0.15) is 0 Å². The van der Waals surface area contributed by atoms with Crippen LogP contribution in [0.25, 0.3) is 52.8 Å². The fraction of sp³-hybridized carbons (Fsp3) is 0.188. The molecule has 1 aromatic heterocycles. The van der Waals surface area contributed by atoms with Crippen molar-refractivity contribution in [3.63, 3.8) is 0 Å². The normalized spacial score (nSPS) is 17.1. The minimum absolute atomic E-state index is 0.402. The van der Waals surface area contributed by atoms with Gasteiger partial charge in [-0.15, -0.1) is 11.3 Å². The van der Waals surface area contributed by atoms with Crippen LogP contribution in [0.2, 0.25) is 0 Å². The van der Waals surface area contributed by atoms with Gasteiger partial charge in [-0.1, -0.05) is 84.9 Å². The van der Waals surface area contributed by atoms with Crippen LogP contribution in [0.15, 0.2) is 91.0 Å². The first-order chi connectivity index (χ1) is 17.4. The third-order valence-corrected chi connectivity index (χ3v) is 9.36. The van der Waals surface area contributed by atoms with E-state index in [0.29, 0.717) is 0 Å². The molecule has 1 saturated heterocycles. The van der Waals surface area contributed by atoms with Crippen molar-refractivity contribution in [3.05, 3.63) is 91.0 Å². The van der Waals surface area contributed by atoms with E-state index in [0.717, 1.165) is 5.46 Å². The highest BCUT2D eigenvalue weighted by atomic mass is 32.1. The van der Waals surface area contributed by atoms with Crippen molar-refractivity contribution >= 4 is 65.6 Å². The van der Waals surface area contributed by atoms with Gasteiger partial charge < -0.3 is 9.31 Å². The maximum absolute atomic E-state index is 6.60. The van der Waals surface area contributed by atoms with Gasteiger partial charge >= 0.3 is 7.12 Å². The molecule has 176 valence electrons. The van der Waals surface area contributed by atoms with E-state index in [1.165, 1.54) is 52.8 Å². The number of benzene rings is 5. The van der Waals surface area contributed by atoms with E-state index in [-0.39, 0.29) is 0 Å². The van der Waals surface area contributed by atoms with E-state index in [4.69, 9.17) is 9.31 Å². The monoisotopic (exact) mass is 486 g/mol. The molecule has 1 fully saturated rings. The zero-order chi connectivity index (χ0) is 24.7. The second-order valence-corrected chi connectivity index (χ2v) is 11.8. The number of hydrogen-bond donors (Lipinski definition) is 0. The molecule has 2 heterocycles. The topological polar surface area (TPSA) is 18.5 Å². The van der Waals surface area contributed by atoms with E-state index in [1.807, 2.05) is 11.3 Å². The van der Waals surface area contributed by atoms with Gasteiger partial charge in [0.2, 0.25) is 0 Å². The summed E-state index contributed by atoms with van der Waals surface area (Å²) in [5.41, 5.74) is 2.87. The van der Waals surface area contributed by atoms with Gasteiger partial charge in [0.05, 0.1) is 11.2 Å². The van der Waals surface area contributed by atoms with Crippen molar-refractivity contribution in [2.45, 2.75) is 38.9 Å². The first kappa shape index (κ1) is 22.1. The Kier molecular flexibility index (Phi) is 4.69. The fourth-order valence-electron chi connectivity index (χ4n) is 5.61. The summed E-state index contributed by atoms with van der Waals surface area (Å²) in [5, 5.41) is 7.46. The molecule has 0 atom stereocenters. The standard InChI is InChI=1S/C32H27BO2S/c1-31(2)32(3,4)35-33(34-31)29-23-15-7-5-13-21(23)28(22-14-6-8-16-24(22)29)26-18-11-17-25-20-12-9-10-19-27(20)36-30(25)26/h5-19H,1-4H3. The van der Waals surface area contributed by atoms with Gasteiger partial charge in [0, 0.05) is 25.7 Å². The molecule has 4 heteroatoms. The summed E-state index contributed by atoms with van der Waals surface area (Å²) in [5.74, 6) is 0. The Morgan fingerprint density at radius 1 is 0.556 bits per heavy atom.